The molecule has 0 fully saturated rings. The van der Waals surface area contributed by atoms with Gasteiger partial charge in [0.05, 0.1) is 0 Å². The largest absolute Gasteiger partial charge is 0.482 e. The van der Waals surface area contributed by atoms with Crippen LogP contribution in [-0.2, 0) is 9.53 Å². The predicted molar refractivity (Wildman–Crippen MR) is 65.4 cm³/mol. The summed E-state index contributed by atoms with van der Waals surface area (Å²) in [6.07, 6.45) is 3.58. The lowest BCUT2D eigenvalue weighted by molar-refractivity contribution is -0.144. The first-order valence-electron chi connectivity index (χ1n) is 4.87. The van der Waals surface area contributed by atoms with E-state index in [4.69, 9.17) is 9.47 Å². The Kier molecular flexibility index (Phi) is 5.64. The summed E-state index contributed by atoms with van der Waals surface area (Å²) in [4.78, 5) is 11.2. The maximum absolute atomic E-state index is 11.2. The van der Waals surface area contributed by atoms with Gasteiger partial charge in [-0.1, -0.05) is 28.1 Å². The number of halogens is 1. The van der Waals surface area contributed by atoms with Gasteiger partial charge in [-0.2, -0.15) is 0 Å². The Hall–Kier alpha value is -1.29. The zero-order valence-electron chi connectivity index (χ0n) is 8.98. The van der Waals surface area contributed by atoms with Crippen LogP contribution in [0.2, 0.25) is 0 Å². The summed E-state index contributed by atoms with van der Waals surface area (Å²) in [7, 11) is 0. The molecule has 4 heteroatoms. The van der Waals surface area contributed by atoms with Gasteiger partial charge in [-0.3, -0.25) is 0 Å². The molecule has 0 aliphatic heterocycles. The van der Waals surface area contributed by atoms with Gasteiger partial charge in [-0.25, -0.2) is 4.79 Å². The number of rotatable bonds is 5. The van der Waals surface area contributed by atoms with E-state index in [0.717, 1.165) is 4.47 Å². The highest BCUT2D eigenvalue weighted by atomic mass is 79.9. The van der Waals surface area contributed by atoms with Crippen molar-refractivity contribution in [1.29, 1.82) is 0 Å². The van der Waals surface area contributed by atoms with Crippen molar-refractivity contribution < 1.29 is 14.3 Å². The molecule has 0 atom stereocenters. The van der Waals surface area contributed by atoms with Gasteiger partial charge in [-0.05, 0) is 31.2 Å². The van der Waals surface area contributed by atoms with Crippen LogP contribution in [0.15, 0.2) is 40.9 Å². The standard InChI is InChI=1S/C12H13BrO3/c1-2-3-8-15-12(14)9-16-11-6-4-10(13)5-7-11/h2-7H,8-9H2,1H3/b3-2+. The predicted octanol–water partition coefficient (Wildman–Crippen LogP) is 2.95. The number of esters is 1. The van der Waals surface area contributed by atoms with Gasteiger partial charge in [0.15, 0.2) is 6.61 Å². The van der Waals surface area contributed by atoms with Crippen molar-refractivity contribution in [2.24, 2.45) is 0 Å². The van der Waals surface area contributed by atoms with E-state index >= 15 is 0 Å². The molecule has 1 rings (SSSR count). The number of allylic oxidation sites excluding steroid dienone is 1. The minimum atomic E-state index is -0.374. The van der Waals surface area contributed by atoms with E-state index in [2.05, 4.69) is 15.9 Å². The SMILES string of the molecule is C/C=C/COC(=O)COc1ccc(Br)cc1. The van der Waals surface area contributed by atoms with E-state index in [9.17, 15) is 4.79 Å². The normalized spacial score (nSPS) is 10.4. The Bertz CT molecular complexity index is 357. The molecule has 0 aliphatic rings. The monoisotopic (exact) mass is 284 g/mol. The molecule has 0 spiro atoms. The van der Waals surface area contributed by atoms with Gasteiger partial charge < -0.3 is 9.47 Å². The first-order valence-corrected chi connectivity index (χ1v) is 5.67. The van der Waals surface area contributed by atoms with Crippen molar-refractivity contribution in [2.45, 2.75) is 6.92 Å². The van der Waals surface area contributed by atoms with Crippen molar-refractivity contribution in [3.63, 3.8) is 0 Å². The average Bonchev–Trinajstić information content (AvgIpc) is 2.29. The number of carbonyl (C=O) groups excluding carboxylic acids is 1. The molecule has 0 aromatic heterocycles. The molecule has 0 saturated heterocycles. The lowest BCUT2D eigenvalue weighted by atomic mass is 10.3. The molecule has 0 N–H and O–H groups in total. The highest BCUT2D eigenvalue weighted by Crippen LogP contribution is 2.15. The molecule has 86 valence electrons. The molecule has 0 saturated carbocycles. The zero-order chi connectivity index (χ0) is 11.8. The summed E-state index contributed by atoms with van der Waals surface area (Å²) in [5, 5.41) is 0. The van der Waals surface area contributed by atoms with E-state index in [1.165, 1.54) is 0 Å². The fraction of sp³-hybridized carbons (Fsp3) is 0.250. The van der Waals surface area contributed by atoms with E-state index < -0.39 is 0 Å². The number of hydrogen-bond acceptors (Lipinski definition) is 3. The molecule has 0 heterocycles. The minimum Gasteiger partial charge on any atom is -0.482 e. The van der Waals surface area contributed by atoms with Crippen LogP contribution >= 0.6 is 15.9 Å². The molecule has 0 bridgehead atoms. The molecule has 0 unspecified atom stereocenters. The fourth-order valence-corrected chi connectivity index (χ4v) is 1.22. The molecular formula is C12H13BrO3. The lowest BCUT2D eigenvalue weighted by Crippen LogP contribution is -2.14. The highest BCUT2D eigenvalue weighted by Gasteiger charge is 2.02. The van der Waals surface area contributed by atoms with E-state index in [1.807, 2.05) is 25.1 Å². The Morgan fingerprint density at radius 3 is 2.69 bits per heavy atom. The number of ether oxygens (including phenoxy) is 2. The second-order valence-electron chi connectivity index (χ2n) is 2.99. The average molecular weight is 285 g/mol. The lowest BCUT2D eigenvalue weighted by Gasteiger charge is -2.05. The van der Waals surface area contributed by atoms with Crippen LogP contribution in [-0.4, -0.2) is 19.2 Å². The van der Waals surface area contributed by atoms with Crippen LogP contribution in [0.3, 0.4) is 0 Å². The summed E-state index contributed by atoms with van der Waals surface area (Å²) in [6.45, 7) is 2.09. The molecule has 3 nitrogen and oxygen atoms in total. The first-order chi connectivity index (χ1) is 7.72. The third-order valence-electron chi connectivity index (χ3n) is 1.75. The Morgan fingerprint density at radius 1 is 1.38 bits per heavy atom. The molecule has 0 amide bonds. The van der Waals surface area contributed by atoms with Gasteiger partial charge >= 0.3 is 5.97 Å². The Morgan fingerprint density at radius 2 is 2.06 bits per heavy atom. The molecule has 0 radical (unpaired) electrons. The number of hydrogen-bond donors (Lipinski definition) is 0. The van der Waals surface area contributed by atoms with Crippen LogP contribution in [0.4, 0.5) is 0 Å². The van der Waals surface area contributed by atoms with Gasteiger partial charge in [0.25, 0.3) is 0 Å². The highest BCUT2D eigenvalue weighted by molar-refractivity contribution is 9.10. The van der Waals surface area contributed by atoms with Crippen LogP contribution in [0.1, 0.15) is 6.92 Å². The smallest absolute Gasteiger partial charge is 0.344 e. The zero-order valence-corrected chi connectivity index (χ0v) is 10.6. The first kappa shape index (κ1) is 12.8. The Labute approximate surface area is 103 Å². The van der Waals surface area contributed by atoms with Crippen LogP contribution in [0, 0.1) is 0 Å². The van der Waals surface area contributed by atoms with Crippen LogP contribution in [0.5, 0.6) is 5.75 Å². The van der Waals surface area contributed by atoms with Crippen molar-refractivity contribution in [1.82, 2.24) is 0 Å². The van der Waals surface area contributed by atoms with Gasteiger partial charge in [0.1, 0.15) is 12.4 Å². The van der Waals surface area contributed by atoms with Crippen LogP contribution < -0.4 is 4.74 Å². The maximum Gasteiger partial charge on any atom is 0.344 e. The molecule has 0 aliphatic carbocycles. The van der Waals surface area contributed by atoms with Crippen molar-refractivity contribution in [2.75, 3.05) is 13.2 Å². The van der Waals surface area contributed by atoms with Crippen molar-refractivity contribution >= 4 is 21.9 Å². The molecule has 1 aromatic rings. The Balaban J connectivity index is 2.28. The maximum atomic E-state index is 11.2. The third kappa shape index (κ3) is 4.98. The molecular weight excluding hydrogens is 272 g/mol. The fourth-order valence-electron chi connectivity index (χ4n) is 0.952. The third-order valence-corrected chi connectivity index (χ3v) is 2.28. The topological polar surface area (TPSA) is 35.5 Å². The second kappa shape index (κ2) is 7.06. The summed E-state index contributed by atoms with van der Waals surface area (Å²) in [5.41, 5.74) is 0. The quantitative estimate of drug-likeness (QED) is 0.616. The summed E-state index contributed by atoms with van der Waals surface area (Å²) in [6, 6.07) is 7.26. The van der Waals surface area contributed by atoms with Gasteiger partial charge in [-0.15, -0.1) is 0 Å². The summed E-state index contributed by atoms with van der Waals surface area (Å²) in [5.74, 6) is 0.271. The van der Waals surface area contributed by atoms with E-state index in [0.29, 0.717) is 12.4 Å². The molecule has 16 heavy (non-hydrogen) atoms. The van der Waals surface area contributed by atoms with Crippen molar-refractivity contribution in [3.8, 4) is 5.75 Å². The van der Waals surface area contributed by atoms with E-state index in [1.54, 1.807) is 18.2 Å². The van der Waals surface area contributed by atoms with Gasteiger partial charge in [0.2, 0.25) is 0 Å². The molecule has 1 aromatic carbocycles. The number of benzene rings is 1. The van der Waals surface area contributed by atoms with Crippen LogP contribution in [0.25, 0.3) is 0 Å². The summed E-state index contributed by atoms with van der Waals surface area (Å²) < 4.78 is 11.1. The minimum absolute atomic E-state index is 0.0703. The van der Waals surface area contributed by atoms with E-state index in [-0.39, 0.29) is 12.6 Å². The summed E-state index contributed by atoms with van der Waals surface area (Å²) >= 11 is 3.31. The second-order valence-corrected chi connectivity index (χ2v) is 3.91. The van der Waals surface area contributed by atoms with Crippen molar-refractivity contribution in [3.05, 3.63) is 40.9 Å². The number of carbonyl (C=O) groups is 1. The van der Waals surface area contributed by atoms with Gasteiger partial charge in [0, 0.05) is 4.47 Å².